The normalized spacial score (nSPS) is 12.5. The molecule has 0 unspecified atom stereocenters. The minimum absolute atomic E-state index is 0.0259. The molecule has 4 rings (SSSR count). The van der Waals surface area contributed by atoms with E-state index >= 15 is 0 Å². The van der Waals surface area contributed by atoms with Crippen molar-refractivity contribution in [2.24, 2.45) is 0 Å². The summed E-state index contributed by atoms with van der Waals surface area (Å²) in [6.45, 7) is 1.76. The number of carbonyl (C=O) groups is 1. The van der Waals surface area contributed by atoms with E-state index in [0.717, 1.165) is 22.3 Å². The summed E-state index contributed by atoms with van der Waals surface area (Å²) in [5.74, 6) is -0.547. The molecule has 3 heteroatoms. The molecule has 1 N–H and O–H groups in total. The molecule has 0 spiro atoms. The molecule has 0 aromatic heterocycles. The molecule has 0 fully saturated rings. The number of ether oxygens (including phenoxy) is 1. The van der Waals surface area contributed by atoms with Gasteiger partial charge < -0.3 is 9.84 Å². The van der Waals surface area contributed by atoms with Crippen molar-refractivity contribution in [2.45, 2.75) is 13.0 Å². The van der Waals surface area contributed by atoms with Crippen molar-refractivity contribution in [1.82, 2.24) is 0 Å². The Labute approximate surface area is 140 Å². The number of rotatable bonds is 2. The zero-order valence-corrected chi connectivity index (χ0v) is 13.2. The molecule has 3 aromatic carbocycles. The third-order valence-electron chi connectivity index (χ3n) is 4.46. The second-order valence-electron chi connectivity index (χ2n) is 5.93. The molecule has 1 aliphatic carbocycles. The summed E-state index contributed by atoms with van der Waals surface area (Å²) < 4.78 is 5.79. The molecule has 0 radical (unpaired) electrons. The highest BCUT2D eigenvalue weighted by molar-refractivity contribution is 5.93. The van der Waals surface area contributed by atoms with Gasteiger partial charge in [0, 0.05) is 11.1 Å². The fourth-order valence-corrected chi connectivity index (χ4v) is 3.23. The SMILES string of the molecule is Cc1cccc(C(=O)OC2c3ccccc3-c3ccccc32)c1O. The lowest BCUT2D eigenvalue weighted by Crippen LogP contribution is -2.11. The molecule has 0 saturated heterocycles. The number of hydrogen-bond acceptors (Lipinski definition) is 3. The maximum absolute atomic E-state index is 12.6. The highest BCUT2D eigenvalue weighted by Gasteiger charge is 2.31. The summed E-state index contributed by atoms with van der Waals surface area (Å²) in [4.78, 5) is 12.6. The monoisotopic (exact) mass is 316 g/mol. The van der Waals surface area contributed by atoms with Gasteiger partial charge in [0.2, 0.25) is 0 Å². The van der Waals surface area contributed by atoms with Crippen LogP contribution in [0.4, 0.5) is 0 Å². The summed E-state index contributed by atoms with van der Waals surface area (Å²) >= 11 is 0. The number of aryl methyl sites for hydroxylation is 1. The second kappa shape index (κ2) is 5.53. The fourth-order valence-electron chi connectivity index (χ4n) is 3.23. The lowest BCUT2D eigenvalue weighted by atomic mass is 10.1. The van der Waals surface area contributed by atoms with Crippen molar-refractivity contribution in [1.29, 1.82) is 0 Å². The molecule has 24 heavy (non-hydrogen) atoms. The lowest BCUT2D eigenvalue weighted by Gasteiger charge is -2.16. The average Bonchev–Trinajstić information content (AvgIpc) is 2.92. The minimum atomic E-state index is -0.521. The van der Waals surface area contributed by atoms with Gasteiger partial charge in [-0.15, -0.1) is 0 Å². The van der Waals surface area contributed by atoms with Crippen LogP contribution in [-0.4, -0.2) is 11.1 Å². The molecule has 0 aliphatic heterocycles. The van der Waals surface area contributed by atoms with E-state index in [-0.39, 0.29) is 11.3 Å². The van der Waals surface area contributed by atoms with Crippen molar-refractivity contribution in [2.75, 3.05) is 0 Å². The third-order valence-corrected chi connectivity index (χ3v) is 4.46. The number of aromatic hydroxyl groups is 1. The number of fused-ring (bicyclic) bond motifs is 3. The standard InChI is InChI=1S/C21H16O3/c1-13-7-6-12-18(19(13)22)21(23)24-20-16-10-4-2-8-14(16)15-9-3-5-11-17(15)20/h2-12,20,22H,1H3. The molecule has 118 valence electrons. The van der Waals surface area contributed by atoms with Gasteiger partial charge in [-0.25, -0.2) is 4.79 Å². The lowest BCUT2D eigenvalue weighted by molar-refractivity contribution is 0.0382. The highest BCUT2D eigenvalue weighted by Crippen LogP contribution is 2.45. The Morgan fingerprint density at radius 1 is 0.875 bits per heavy atom. The summed E-state index contributed by atoms with van der Waals surface area (Å²) in [7, 11) is 0. The van der Waals surface area contributed by atoms with E-state index in [1.807, 2.05) is 48.5 Å². The van der Waals surface area contributed by atoms with Crippen LogP contribution >= 0.6 is 0 Å². The second-order valence-corrected chi connectivity index (χ2v) is 5.93. The van der Waals surface area contributed by atoms with E-state index in [4.69, 9.17) is 4.74 Å². The Balaban J connectivity index is 1.75. The zero-order chi connectivity index (χ0) is 16.7. The van der Waals surface area contributed by atoms with Crippen molar-refractivity contribution < 1.29 is 14.6 Å². The summed E-state index contributed by atoms with van der Waals surface area (Å²) in [5, 5.41) is 10.1. The molecule has 0 atom stereocenters. The molecule has 0 heterocycles. The van der Waals surface area contributed by atoms with Crippen LogP contribution in [0.25, 0.3) is 11.1 Å². The van der Waals surface area contributed by atoms with Crippen LogP contribution in [0.2, 0.25) is 0 Å². The van der Waals surface area contributed by atoms with Crippen LogP contribution in [0.15, 0.2) is 66.7 Å². The Morgan fingerprint density at radius 3 is 2.08 bits per heavy atom. The summed E-state index contributed by atoms with van der Waals surface area (Å²) in [6, 6.07) is 20.9. The quantitative estimate of drug-likeness (QED) is 0.701. The maximum atomic E-state index is 12.6. The van der Waals surface area contributed by atoms with Gasteiger partial charge in [0.1, 0.15) is 11.3 Å². The van der Waals surface area contributed by atoms with E-state index in [0.29, 0.717) is 5.56 Å². The van der Waals surface area contributed by atoms with Crippen molar-refractivity contribution in [3.8, 4) is 16.9 Å². The van der Waals surface area contributed by atoms with Crippen LogP contribution in [-0.2, 0) is 4.74 Å². The number of hydrogen-bond donors (Lipinski definition) is 1. The summed E-state index contributed by atoms with van der Waals surface area (Å²) in [5.41, 5.74) is 4.95. The average molecular weight is 316 g/mol. The van der Waals surface area contributed by atoms with Crippen LogP contribution in [0.3, 0.4) is 0 Å². The van der Waals surface area contributed by atoms with Crippen molar-refractivity contribution in [3.05, 3.63) is 89.0 Å². The van der Waals surface area contributed by atoms with Gasteiger partial charge in [0.05, 0.1) is 0 Å². The predicted octanol–water partition coefficient (Wildman–Crippen LogP) is 4.63. The first-order valence-electron chi connectivity index (χ1n) is 7.84. The van der Waals surface area contributed by atoms with Crippen molar-refractivity contribution >= 4 is 5.97 Å². The van der Waals surface area contributed by atoms with Crippen LogP contribution in [0.5, 0.6) is 5.75 Å². The first-order chi connectivity index (χ1) is 11.7. The van der Waals surface area contributed by atoms with E-state index in [1.54, 1.807) is 25.1 Å². The van der Waals surface area contributed by atoms with Gasteiger partial charge in [0.25, 0.3) is 0 Å². The first-order valence-corrected chi connectivity index (χ1v) is 7.84. The predicted molar refractivity (Wildman–Crippen MR) is 92.0 cm³/mol. The van der Waals surface area contributed by atoms with Crippen LogP contribution < -0.4 is 0 Å². The van der Waals surface area contributed by atoms with E-state index in [2.05, 4.69) is 0 Å². The zero-order valence-electron chi connectivity index (χ0n) is 13.2. The Bertz CT molecular complexity index is 898. The Hall–Kier alpha value is -3.07. The van der Waals surface area contributed by atoms with E-state index in [1.165, 1.54) is 0 Å². The Kier molecular flexibility index (Phi) is 3.35. The van der Waals surface area contributed by atoms with Crippen LogP contribution in [0.1, 0.15) is 33.2 Å². The molecular weight excluding hydrogens is 300 g/mol. The van der Waals surface area contributed by atoms with E-state index < -0.39 is 12.1 Å². The van der Waals surface area contributed by atoms with Crippen LogP contribution in [0, 0.1) is 6.92 Å². The highest BCUT2D eigenvalue weighted by atomic mass is 16.5. The number of carbonyl (C=O) groups excluding carboxylic acids is 1. The fraction of sp³-hybridized carbons (Fsp3) is 0.0952. The molecule has 0 saturated carbocycles. The minimum Gasteiger partial charge on any atom is -0.507 e. The maximum Gasteiger partial charge on any atom is 0.342 e. The topological polar surface area (TPSA) is 46.5 Å². The Morgan fingerprint density at radius 2 is 1.46 bits per heavy atom. The smallest absolute Gasteiger partial charge is 0.342 e. The summed E-state index contributed by atoms with van der Waals surface area (Å²) in [6.07, 6.45) is -0.454. The first kappa shape index (κ1) is 14.5. The van der Waals surface area contributed by atoms with E-state index in [9.17, 15) is 9.90 Å². The number of esters is 1. The number of para-hydroxylation sites is 1. The van der Waals surface area contributed by atoms with Gasteiger partial charge in [-0.3, -0.25) is 0 Å². The number of benzene rings is 3. The van der Waals surface area contributed by atoms with Gasteiger partial charge in [0.15, 0.2) is 6.10 Å². The molecule has 0 bridgehead atoms. The molecular formula is C21H16O3. The number of phenolic OH excluding ortho intramolecular Hbond substituents is 1. The van der Waals surface area contributed by atoms with Gasteiger partial charge in [-0.05, 0) is 29.7 Å². The van der Waals surface area contributed by atoms with Crippen molar-refractivity contribution in [3.63, 3.8) is 0 Å². The van der Waals surface area contributed by atoms with Gasteiger partial charge in [-0.1, -0.05) is 60.7 Å². The molecule has 3 nitrogen and oxygen atoms in total. The van der Waals surface area contributed by atoms with Gasteiger partial charge >= 0.3 is 5.97 Å². The van der Waals surface area contributed by atoms with Gasteiger partial charge in [-0.2, -0.15) is 0 Å². The molecule has 1 aliphatic rings. The molecule has 3 aromatic rings. The molecule has 0 amide bonds. The largest absolute Gasteiger partial charge is 0.507 e. The number of phenols is 1. The third kappa shape index (κ3) is 2.17.